The highest BCUT2D eigenvalue weighted by molar-refractivity contribution is 5.55. The fourth-order valence-electron chi connectivity index (χ4n) is 2.57. The third-order valence-electron chi connectivity index (χ3n) is 4.25. The number of hydrogen-bond donors (Lipinski definition) is 2. The summed E-state index contributed by atoms with van der Waals surface area (Å²) >= 11 is 0. The van der Waals surface area contributed by atoms with Gasteiger partial charge in [0.1, 0.15) is 11.6 Å². The van der Waals surface area contributed by atoms with Crippen molar-refractivity contribution in [2.75, 3.05) is 18.5 Å². The van der Waals surface area contributed by atoms with E-state index in [4.69, 9.17) is 5.11 Å². The van der Waals surface area contributed by atoms with Gasteiger partial charge in [0.05, 0.1) is 5.69 Å². The van der Waals surface area contributed by atoms with Crippen molar-refractivity contribution in [1.82, 2.24) is 10.2 Å². The molecule has 0 atom stereocenters. The van der Waals surface area contributed by atoms with Gasteiger partial charge in [0.25, 0.3) is 0 Å². The quantitative estimate of drug-likeness (QED) is 0.845. The van der Waals surface area contributed by atoms with Gasteiger partial charge in [-0.3, -0.25) is 0 Å². The smallest absolute Gasteiger partial charge is 0.166 e. The summed E-state index contributed by atoms with van der Waals surface area (Å²) in [5, 5.41) is 29.8. The first-order valence-corrected chi connectivity index (χ1v) is 6.70. The van der Waals surface area contributed by atoms with Crippen LogP contribution in [0.15, 0.2) is 0 Å². The van der Waals surface area contributed by atoms with Crippen LogP contribution in [0, 0.1) is 30.6 Å². The van der Waals surface area contributed by atoms with E-state index in [1.807, 2.05) is 13.8 Å². The lowest BCUT2D eigenvalue weighted by Gasteiger charge is -2.42. The summed E-state index contributed by atoms with van der Waals surface area (Å²) in [4.78, 5) is 0. The van der Waals surface area contributed by atoms with Crippen LogP contribution in [0.3, 0.4) is 0 Å². The molecule has 0 aromatic carbocycles. The summed E-state index contributed by atoms with van der Waals surface area (Å²) in [5.41, 5.74) is 2.41. The molecule has 1 fully saturated rings. The van der Waals surface area contributed by atoms with Gasteiger partial charge in [0.15, 0.2) is 5.82 Å². The van der Waals surface area contributed by atoms with Gasteiger partial charge in [-0.1, -0.05) is 6.42 Å². The van der Waals surface area contributed by atoms with E-state index >= 15 is 0 Å². The second-order valence-electron chi connectivity index (χ2n) is 5.43. The molecule has 1 aliphatic carbocycles. The third-order valence-corrected chi connectivity index (χ3v) is 4.25. The lowest BCUT2D eigenvalue weighted by Crippen LogP contribution is -2.37. The molecule has 0 bridgehead atoms. The van der Waals surface area contributed by atoms with Gasteiger partial charge >= 0.3 is 0 Å². The van der Waals surface area contributed by atoms with Crippen LogP contribution in [-0.2, 0) is 0 Å². The lowest BCUT2D eigenvalue weighted by atomic mass is 9.67. The molecule has 2 rings (SSSR count). The predicted molar refractivity (Wildman–Crippen MR) is 72.7 cm³/mol. The Labute approximate surface area is 113 Å². The van der Waals surface area contributed by atoms with Crippen LogP contribution in [0.1, 0.15) is 42.5 Å². The van der Waals surface area contributed by atoms with Gasteiger partial charge in [-0.2, -0.15) is 10.4 Å². The fourth-order valence-corrected chi connectivity index (χ4v) is 2.57. The molecule has 19 heavy (non-hydrogen) atoms. The van der Waals surface area contributed by atoms with E-state index in [0.29, 0.717) is 11.4 Å². The van der Waals surface area contributed by atoms with Crippen molar-refractivity contribution in [2.45, 2.75) is 39.5 Å². The maximum atomic E-state index is 9.23. The van der Waals surface area contributed by atoms with E-state index in [9.17, 15) is 5.26 Å². The average molecular weight is 260 g/mol. The topological polar surface area (TPSA) is 81.8 Å². The zero-order valence-corrected chi connectivity index (χ0v) is 11.5. The Morgan fingerprint density at radius 3 is 2.63 bits per heavy atom. The van der Waals surface area contributed by atoms with Gasteiger partial charge in [0, 0.05) is 13.2 Å². The van der Waals surface area contributed by atoms with Gasteiger partial charge in [-0.15, -0.1) is 5.10 Å². The minimum absolute atomic E-state index is 0.169. The van der Waals surface area contributed by atoms with Crippen LogP contribution < -0.4 is 5.32 Å². The first-order valence-electron chi connectivity index (χ1n) is 6.70. The number of nitrogens with zero attached hydrogens (tertiary/aromatic N) is 3. The highest BCUT2D eigenvalue weighted by Gasteiger charge is 2.36. The second-order valence-corrected chi connectivity index (χ2v) is 5.43. The molecule has 1 aromatic rings. The highest BCUT2D eigenvalue weighted by Crippen LogP contribution is 2.43. The third kappa shape index (κ3) is 2.69. The molecule has 2 N–H and O–H groups in total. The molecule has 0 saturated heterocycles. The second kappa shape index (κ2) is 5.54. The number of nitrogens with one attached hydrogen (secondary N) is 1. The average Bonchev–Trinajstić information content (AvgIpc) is 2.36. The minimum Gasteiger partial charge on any atom is -0.396 e. The van der Waals surface area contributed by atoms with Crippen LogP contribution in [0.2, 0.25) is 0 Å². The number of aromatic nitrogens is 2. The molecular weight excluding hydrogens is 240 g/mol. The van der Waals surface area contributed by atoms with Crippen LogP contribution in [-0.4, -0.2) is 28.5 Å². The summed E-state index contributed by atoms with van der Waals surface area (Å²) in [6, 6.07) is 2.19. The van der Waals surface area contributed by atoms with Crippen molar-refractivity contribution in [2.24, 2.45) is 5.41 Å². The van der Waals surface area contributed by atoms with Crippen molar-refractivity contribution in [1.29, 1.82) is 5.26 Å². The monoisotopic (exact) mass is 260 g/mol. The molecule has 1 saturated carbocycles. The van der Waals surface area contributed by atoms with Crippen molar-refractivity contribution >= 4 is 5.82 Å². The van der Waals surface area contributed by atoms with E-state index in [1.54, 1.807) is 0 Å². The van der Waals surface area contributed by atoms with Crippen LogP contribution in [0.25, 0.3) is 0 Å². The Morgan fingerprint density at radius 1 is 1.37 bits per heavy atom. The molecular formula is C14H20N4O. The molecule has 1 heterocycles. The molecule has 102 valence electrons. The summed E-state index contributed by atoms with van der Waals surface area (Å²) in [5.74, 6) is 0.565. The van der Waals surface area contributed by atoms with Crippen molar-refractivity contribution in [3.8, 4) is 6.07 Å². The molecule has 0 radical (unpaired) electrons. The Balaban J connectivity index is 2.12. The first-order chi connectivity index (χ1) is 9.12. The Kier molecular flexibility index (Phi) is 4.01. The molecule has 0 spiro atoms. The molecule has 0 amide bonds. The number of nitriles is 1. The first kappa shape index (κ1) is 13.8. The van der Waals surface area contributed by atoms with E-state index in [0.717, 1.165) is 37.1 Å². The lowest BCUT2D eigenvalue weighted by molar-refractivity contribution is 0.101. The zero-order valence-electron chi connectivity index (χ0n) is 11.5. The van der Waals surface area contributed by atoms with E-state index < -0.39 is 0 Å². The maximum absolute atomic E-state index is 9.23. The summed E-state index contributed by atoms with van der Waals surface area (Å²) in [6.07, 6.45) is 4.27. The summed E-state index contributed by atoms with van der Waals surface area (Å²) in [7, 11) is 0. The largest absolute Gasteiger partial charge is 0.396 e. The maximum Gasteiger partial charge on any atom is 0.166 e. The standard InChI is InChI=1S/C14H20N4O/c1-10-11(2)17-18-13(12(10)8-15)16-9-14(6-7-19)4-3-5-14/h19H,3-7,9H2,1-2H3,(H,16,18). The zero-order chi connectivity index (χ0) is 13.9. The Bertz CT molecular complexity index is 503. The van der Waals surface area contributed by atoms with Crippen molar-refractivity contribution in [3.63, 3.8) is 0 Å². The van der Waals surface area contributed by atoms with E-state index in [-0.39, 0.29) is 12.0 Å². The normalized spacial score (nSPS) is 16.5. The van der Waals surface area contributed by atoms with Crippen molar-refractivity contribution < 1.29 is 5.11 Å². The van der Waals surface area contributed by atoms with Gasteiger partial charge in [-0.25, -0.2) is 0 Å². The number of aliphatic hydroxyl groups excluding tert-OH is 1. The summed E-state index contributed by atoms with van der Waals surface area (Å²) in [6.45, 7) is 4.71. The molecule has 0 aliphatic heterocycles. The fraction of sp³-hybridized carbons (Fsp3) is 0.643. The summed E-state index contributed by atoms with van der Waals surface area (Å²) < 4.78 is 0. The molecule has 0 unspecified atom stereocenters. The predicted octanol–water partition coefficient (Wildman–Crippen LogP) is 1.93. The highest BCUT2D eigenvalue weighted by atomic mass is 16.3. The number of aliphatic hydroxyl groups is 1. The van der Waals surface area contributed by atoms with Crippen LogP contribution >= 0.6 is 0 Å². The number of anilines is 1. The SMILES string of the molecule is Cc1nnc(NCC2(CCO)CCC2)c(C#N)c1C. The Morgan fingerprint density at radius 2 is 2.11 bits per heavy atom. The molecule has 1 aromatic heterocycles. The molecule has 5 heteroatoms. The van der Waals surface area contributed by atoms with Crippen LogP contribution in [0.4, 0.5) is 5.82 Å². The van der Waals surface area contributed by atoms with Gasteiger partial charge in [0.2, 0.25) is 0 Å². The molecule has 5 nitrogen and oxygen atoms in total. The van der Waals surface area contributed by atoms with E-state index in [1.165, 1.54) is 6.42 Å². The van der Waals surface area contributed by atoms with E-state index in [2.05, 4.69) is 21.6 Å². The van der Waals surface area contributed by atoms with Crippen LogP contribution in [0.5, 0.6) is 0 Å². The number of rotatable bonds is 5. The molecule has 1 aliphatic rings. The van der Waals surface area contributed by atoms with Gasteiger partial charge in [-0.05, 0) is 44.1 Å². The Hall–Kier alpha value is -1.67. The van der Waals surface area contributed by atoms with Crippen molar-refractivity contribution in [3.05, 3.63) is 16.8 Å². The van der Waals surface area contributed by atoms with Gasteiger partial charge < -0.3 is 10.4 Å². The number of aryl methyl sites for hydroxylation is 1. The minimum atomic E-state index is 0.169. The number of hydrogen-bond acceptors (Lipinski definition) is 5.